The highest BCUT2D eigenvalue weighted by Crippen LogP contribution is 2.38. The van der Waals surface area contributed by atoms with Crippen LogP contribution in [-0.4, -0.2) is 19.3 Å². The number of nitrogens with one attached hydrogen (secondary N) is 2. The van der Waals surface area contributed by atoms with Crippen molar-refractivity contribution in [3.8, 4) is 0 Å². The molecule has 0 radical (unpaired) electrons. The lowest BCUT2D eigenvalue weighted by molar-refractivity contribution is -0.110. The molecular weight excluding hydrogens is 370 g/mol. The molecule has 5 rings (SSSR count). The Morgan fingerprint density at radius 1 is 1.15 bits per heavy atom. The van der Waals surface area contributed by atoms with Crippen LogP contribution in [0.15, 0.2) is 42.0 Å². The number of benzene rings is 2. The first kappa shape index (κ1) is 15.5. The van der Waals surface area contributed by atoms with E-state index >= 15 is 0 Å². The van der Waals surface area contributed by atoms with Crippen molar-refractivity contribution in [3.63, 3.8) is 0 Å². The van der Waals surface area contributed by atoms with Gasteiger partial charge < -0.3 is 10.6 Å². The lowest BCUT2D eigenvalue weighted by Gasteiger charge is -2.05. The Balaban J connectivity index is 1.52. The largest absolute Gasteiger partial charge is 0.361 e. The van der Waals surface area contributed by atoms with Crippen molar-refractivity contribution < 1.29 is 13.2 Å². The van der Waals surface area contributed by atoms with Crippen LogP contribution in [0.1, 0.15) is 16.7 Å². The number of sulfone groups is 1. The van der Waals surface area contributed by atoms with Gasteiger partial charge in [0.05, 0.1) is 38.5 Å². The van der Waals surface area contributed by atoms with E-state index in [1.807, 2.05) is 30.3 Å². The molecule has 2 aliphatic rings. The highest BCUT2D eigenvalue weighted by molar-refractivity contribution is 7.90. The highest BCUT2D eigenvalue weighted by Gasteiger charge is 2.28. The summed E-state index contributed by atoms with van der Waals surface area (Å²) in [6, 6.07) is 9.31. The van der Waals surface area contributed by atoms with Crippen molar-refractivity contribution in [2.75, 3.05) is 10.6 Å². The minimum Gasteiger partial charge on any atom is -0.361 e. The minimum atomic E-state index is -3.03. The van der Waals surface area contributed by atoms with Crippen LogP contribution in [0.5, 0.6) is 0 Å². The lowest BCUT2D eigenvalue weighted by Crippen LogP contribution is -2.05. The highest BCUT2D eigenvalue weighted by atomic mass is 32.2. The molecule has 0 unspecified atom stereocenters. The quantitative estimate of drug-likeness (QED) is 0.664. The number of fused-ring (bicyclic) bond motifs is 4. The number of nitrogens with zero attached hydrogens (tertiary/aromatic N) is 1. The Hall–Kier alpha value is -2.71. The summed E-state index contributed by atoms with van der Waals surface area (Å²) in [6.45, 7) is 0. The van der Waals surface area contributed by atoms with Crippen LogP contribution in [0, 0.1) is 0 Å². The second-order valence-corrected chi connectivity index (χ2v) is 9.31. The van der Waals surface area contributed by atoms with E-state index in [1.54, 1.807) is 11.7 Å². The first-order valence-electron chi connectivity index (χ1n) is 7.97. The Morgan fingerprint density at radius 3 is 2.88 bits per heavy atom. The minimum absolute atomic E-state index is 0.0667. The topological polar surface area (TPSA) is 88.2 Å². The number of thiazole rings is 1. The monoisotopic (exact) mass is 383 g/mol. The first-order chi connectivity index (χ1) is 12.5. The maximum Gasteiger partial charge on any atom is 0.257 e. The molecule has 8 heteroatoms. The normalized spacial score (nSPS) is 18.8. The third kappa shape index (κ3) is 2.41. The second kappa shape index (κ2) is 5.39. The van der Waals surface area contributed by atoms with Crippen molar-refractivity contribution in [1.82, 2.24) is 4.98 Å². The molecule has 1 amide bonds. The number of hydrogen-bond donors (Lipinski definition) is 2. The number of hydrogen-bond acceptors (Lipinski definition) is 6. The van der Waals surface area contributed by atoms with E-state index in [0.29, 0.717) is 5.57 Å². The van der Waals surface area contributed by atoms with E-state index < -0.39 is 9.84 Å². The third-order valence-corrected chi connectivity index (χ3v) is 6.90. The van der Waals surface area contributed by atoms with Gasteiger partial charge in [0, 0.05) is 17.5 Å². The van der Waals surface area contributed by atoms with E-state index in [9.17, 15) is 13.2 Å². The van der Waals surface area contributed by atoms with Crippen LogP contribution in [0.25, 0.3) is 15.8 Å². The van der Waals surface area contributed by atoms with Gasteiger partial charge in [0.15, 0.2) is 9.84 Å². The smallest absolute Gasteiger partial charge is 0.257 e. The molecule has 2 aliphatic heterocycles. The SMILES string of the molecule is O=C1Nc2ccc3scnc3c2/C1=C/Nc1ccc2c(c1)CS(=O)(=O)C2. The summed E-state index contributed by atoms with van der Waals surface area (Å²) in [6.07, 6.45) is 1.66. The van der Waals surface area contributed by atoms with E-state index in [4.69, 9.17) is 0 Å². The Bertz CT molecular complexity index is 1230. The molecule has 26 heavy (non-hydrogen) atoms. The van der Waals surface area contributed by atoms with Gasteiger partial charge in [-0.05, 0) is 35.4 Å². The fourth-order valence-electron chi connectivity index (χ4n) is 3.42. The van der Waals surface area contributed by atoms with Gasteiger partial charge in [-0.25, -0.2) is 13.4 Å². The van der Waals surface area contributed by atoms with Crippen LogP contribution >= 0.6 is 11.3 Å². The molecule has 0 spiro atoms. The molecular formula is C18H13N3O3S2. The third-order valence-electron chi connectivity index (χ3n) is 4.60. The molecule has 0 saturated carbocycles. The molecule has 3 aromatic rings. The number of anilines is 2. The maximum absolute atomic E-state index is 12.4. The predicted molar refractivity (Wildman–Crippen MR) is 103 cm³/mol. The summed E-state index contributed by atoms with van der Waals surface area (Å²) in [7, 11) is -3.03. The number of rotatable bonds is 2. The molecule has 2 aromatic carbocycles. The zero-order valence-corrected chi connectivity index (χ0v) is 15.1. The molecule has 0 fully saturated rings. The standard InChI is InChI=1S/C18H13N3O3S2/c22-18-13(16-14(21-18)3-4-15-17(16)20-9-25-15)6-19-12-2-1-10-7-26(23,24)8-11(10)5-12/h1-6,9,19H,7-8H2,(H,21,22)/b13-6-. The summed E-state index contributed by atoms with van der Waals surface area (Å²) in [5, 5.41) is 5.99. The first-order valence-corrected chi connectivity index (χ1v) is 10.7. The van der Waals surface area contributed by atoms with Gasteiger partial charge in [0.1, 0.15) is 0 Å². The molecule has 0 atom stereocenters. The van der Waals surface area contributed by atoms with Gasteiger partial charge in [-0.2, -0.15) is 0 Å². The molecule has 0 saturated heterocycles. The predicted octanol–water partition coefficient (Wildman–Crippen LogP) is 3.13. The van der Waals surface area contributed by atoms with Crippen molar-refractivity contribution >= 4 is 54.2 Å². The van der Waals surface area contributed by atoms with Gasteiger partial charge in [0.25, 0.3) is 5.91 Å². The van der Waals surface area contributed by atoms with Crippen LogP contribution < -0.4 is 10.6 Å². The van der Waals surface area contributed by atoms with Crippen LogP contribution in [0.4, 0.5) is 11.4 Å². The van der Waals surface area contributed by atoms with Crippen LogP contribution in [0.3, 0.4) is 0 Å². The van der Waals surface area contributed by atoms with Crippen LogP contribution in [0.2, 0.25) is 0 Å². The van der Waals surface area contributed by atoms with E-state index in [-0.39, 0.29) is 17.4 Å². The average Bonchev–Trinajstić information content (AvgIpc) is 3.25. The number of aromatic nitrogens is 1. The summed E-state index contributed by atoms with van der Waals surface area (Å²) in [5.74, 6) is -0.0184. The van der Waals surface area contributed by atoms with E-state index in [2.05, 4.69) is 15.6 Å². The molecule has 130 valence electrons. The molecule has 2 N–H and O–H groups in total. The van der Waals surface area contributed by atoms with Crippen molar-refractivity contribution in [2.45, 2.75) is 11.5 Å². The van der Waals surface area contributed by atoms with Gasteiger partial charge in [-0.1, -0.05) is 6.07 Å². The van der Waals surface area contributed by atoms with Crippen molar-refractivity contribution in [1.29, 1.82) is 0 Å². The molecule has 0 aliphatic carbocycles. The van der Waals surface area contributed by atoms with Crippen molar-refractivity contribution in [2.24, 2.45) is 0 Å². The Labute approximate surface area is 153 Å². The molecule has 3 heterocycles. The fraction of sp³-hybridized carbons (Fsp3) is 0.111. The second-order valence-electron chi connectivity index (χ2n) is 6.36. The van der Waals surface area contributed by atoms with Gasteiger partial charge >= 0.3 is 0 Å². The van der Waals surface area contributed by atoms with Gasteiger partial charge in [-0.15, -0.1) is 11.3 Å². The van der Waals surface area contributed by atoms with Gasteiger partial charge in [0.2, 0.25) is 0 Å². The van der Waals surface area contributed by atoms with E-state index in [0.717, 1.165) is 38.3 Å². The zero-order chi connectivity index (χ0) is 17.9. The number of carbonyl (C=O) groups is 1. The van der Waals surface area contributed by atoms with Crippen LogP contribution in [-0.2, 0) is 26.1 Å². The summed E-state index contributed by atoms with van der Waals surface area (Å²) in [5.41, 5.74) is 7.04. The van der Waals surface area contributed by atoms with E-state index in [1.165, 1.54) is 11.3 Å². The Kier molecular flexibility index (Phi) is 3.22. The fourth-order valence-corrected chi connectivity index (χ4v) is 5.70. The lowest BCUT2D eigenvalue weighted by atomic mass is 10.1. The summed E-state index contributed by atoms with van der Waals surface area (Å²) in [4.78, 5) is 16.8. The summed E-state index contributed by atoms with van der Waals surface area (Å²) >= 11 is 1.53. The maximum atomic E-state index is 12.4. The molecule has 0 bridgehead atoms. The molecule has 6 nitrogen and oxygen atoms in total. The van der Waals surface area contributed by atoms with Crippen molar-refractivity contribution in [3.05, 3.63) is 58.7 Å². The Morgan fingerprint density at radius 2 is 2.00 bits per heavy atom. The summed E-state index contributed by atoms with van der Waals surface area (Å²) < 4.78 is 24.5. The van der Waals surface area contributed by atoms with Gasteiger partial charge in [-0.3, -0.25) is 4.79 Å². The number of carbonyl (C=O) groups excluding carboxylic acids is 1. The zero-order valence-electron chi connectivity index (χ0n) is 13.4. The average molecular weight is 383 g/mol. The molecule has 1 aromatic heterocycles. The number of amides is 1.